The zero-order chi connectivity index (χ0) is 19.0. The van der Waals surface area contributed by atoms with E-state index in [2.05, 4.69) is 0 Å². The van der Waals surface area contributed by atoms with Gasteiger partial charge in [-0.05, 0) is 56.7 Å². The number of alkyl halides is 1. The van der Waals surface area contributed by atoms with Gasteiger partial charge < -0.3 is 10.8 Å². The van der Waals surface area contributed by atoms with E-state index in [-0.39, 0.29) is 25.1 Å². The number of hydrogen-bond donors (Lipinski definition) is 4. The fourth-order valence-corrected chi connectivity index (χ4v) is 2.30. The highest BCUT2D eigenvalue weighted by molar-refractivity contribution is 5.83. The van der Waals surface area contributed by atoms with Crippen LogP contribution in [-0.2, 0) is 16.0 Å². The van der Waals surface area contributed by atoms with Crippen LogP contribution in [0.25, 0.3) is 0 Å². The van der Waals surface area contributed by atoms with E-state index in [0.717, 1.165) is 12.5 Å². The van der Waals surface area contributed by atoms with Gasteiger partial charge in [0.05, 0.1) is 6.10 Å². The SMILES string of the molecule is CC(F)(CCC(CC(O)[CH]Cc1ccc(F)cc1)C(=O)NO)C(N)=O. The molecule has 0 aliphatic rings. The van der Waals surface area contributed by atoms with Gasteiger partial charge in [-0.1, -0.05) is 12.1 Å². The fraction of sp³-hybridized carbons (Fsp3) is 0.471. The van der Waals surface area contributed by atoms with Crippen LogP contribution in [0.3, 0.4) is 0 Å². The summed E-state index contributed by atoms with van der Waals surface area (Å²) in [5.74, 6) is -3.19. The molecule has 0 saturated heterocycles. The zero-order valence-corrected chi connectivity index (χ0v) is 13.9. The summed E-state index contributed by atoms with van der Waals surface area (Å²) < 4.78 is 26.7. The van der Waals surface area contributed by atoms with Crippen LogP contribution in [0.15, 0.2) is 24.3 Å². The molecule has 25 heavy (non-hydrogen) atoms. The van der Waals surface area contributed by atoms with E-state index in [1.807, 2.05) is 0 Å². The molecule has 0 aliphatic heterocycles. The summed E-state index contributed by atoms with van der Waals surface area (Å²) in [5, 5.41) is 18.8. The Labute approximate surface area is 145 Å². The smallest absolute Gasteiger partial charge is 0.254 e. The van der Waals surface area contributed by atoms with E-state index >= 15 is 0 Å². The summed E-state index contributed by atoms with van der Waals surface area (Å²) >= 11 is 0. The molecule has 0 fully saturated rings. The summed E-state index contributed by atoms with van der Waals surface area (Å²) in [4.78, 5) is 22.7. The van der Waals surface area contributed by atoms with Gasteiger partial charge in [-0.2, -0.15) is 0 Å². The number of benzene rings is 1. The lowest BCUT2D eigenvalue weighted by Gasteiger charge is -2.22. The second kappa shape index (κ2) is 9.43. The first-order valence-electron chi connectivity index (χ1n) is 7.84. The highest BCUT2D eigenvalue weighted by Gasteiger charge is 2.33. The Balaban J connectivity index is 2.57. The molecule has 139 valence electrons. The van der Waals surface area contributed by atoms with Crippen LogP contribution < -0.4 is 11.2 Å². The number of amides is 2. The third-order valence-electron chi connectivity index (χ3n) is 4.02. The molecule has 0 bridgehead atoms. The van der Waals surface area contributed by atoms with Crippen LogP contribution in [0.4, 0.5) is 8.78 Å². The van der Waals surface area contributed by atoms with Crippen molar-refractivity contribution in [2.75, 3.05) is 0 Å². The number of rotatable bonds is 10. The third-order valence-corrected chi connectivity index (χ3v) is 4.02. The van der Waals surface area contributed by atoms with Gasteiger partial charge in [0.1, 0.15) is 5.82 Å². The van der Waals surface area contributed by atoms with Crippen LogP contribution in [0.1, 0.15) is 31.7 Å². The molecule has 0 aromatic heterocycles. The Bertz CT molecular complexity index is 579. The van der Waals surface area contributed by atoms with Gasteiger partial charge in [-0.15, -0.1) is 0 Å². The maximum Gasteiger partial charge on any atom is 0.254 e. The van der Waals surface area contributed by atoms with Gasteiger partial charge in [0.2, 0.25) is 5.91 Å². The predicted octanol–water partition coefficient (Wildman–Crippen LogP) is 1.44. The molecule has 1 aromatic rings. The van der Waals surface area contributed by atoms with Gasteiger partial charge >= 0.3 is 0 Å². The van der Waals surface area contributed by atoms with Gasteiger partial charge in [0.25, 0.3) is 5.91 Å². The largest absolute Gasteiger partial charge is 0.393 e. The fourth-order valence-electron chi connectivity index (χ4n) is 2.30. The normalized spacial score (nSPS) is 15.9. The summed E-state index contributed by atoms with van der Waals surface area (Å²) in [6.45, 7) is 1.01. The summed E-state index contributed by atoms with van der Waals surface area (Å²) in [6, 6.07) is 5.72. The van der Waals surface area contributed by atoms with Crippen molar-refractivity contribution in [1.29, 1.82) is 0 Å². The van der Waals surface area contributed by atoms with Crippen LogP contribution >= 0.6 is 0 Å². The molecule has 0 spiro atoms. The summed E-state index contributed by atoms with van der Waals surface area (Å²) in [6.07, 6.45) is 0.397. The monoisotopic (exact) mass is 357 g/mol. The Morgan fingerprint density at radius 2 is 1.96 bits per heavy atom. The zero-order valence-electron chi connectivity index (χ0n) is 13.9. The van der Waals surface area contributed by atoms with E-state index in [4.69, 9.17) is 10.9 Å². The Kier molecular flexibility index (Phi) is 7.92. The molecular weight excluding hydrogens is 334 g/mol. The second-order valence-electron chi connectivity index (χ2n) is 6.14. The Morgan fingerprint density at radius 3 is 2.48 bits per heavy atom. The number of primary amides is 1. The van der Waals surface area contributed by atoms with Crippen molar-refractivity contribution in [2.45, 2.75) is 44.4 Å². The number of carbonyl (C=O) groups excluding carboxylic acids is 2. The maximum absolute atomic E-state index is 13.9. The quantitative estimate of drug-likeness (QED) is 0.375. The minimum Gasteiger partial charge on any atom is -0.393 e. The van der Waals surface area contributed by atoms with Crippen molar-refractivity contribution in [1.82, 2.24) is 5.48 Å². The molecule has 0 aliphatic carbocycles. The lowest BCUT2D eigenvalue weighted by Crippen LogP contribution is -2.38. The van der Waals surface area contributed by atoms with E-state index in [9.17, 15) is 23.5 Å². The van der Waals surface area contributed by atoms with Crippen LogP contribution in [0.5, 0.6) is 0 Å². The number of nitrogens with two attached hydrogens (primary N) is 1. The molecule has 1 rings (SSSR count). The average Bonchev–Trinajstić information content (AvgIpc) is 2.57. The number of hydroxylamine groups is 1. The van der Waals surface area contributed by atoms with Crippen molar-refractivity contribution in [2.24, 2.45) is 11.7 Å². The van der Waals surface area contributed by atoms with Crippen LogP contribution in [0, 0.1) is 18.2 Å². The van der Waals surface area contributed by atoms with Crippen LogP contribution in [0.2, 0.25) is 0 Å². The van der Waals surface area contributed by atoms with Crippen molar-refractivity contribution in [3.63, 3.8) is 0 Å². The van der Waals surface area contributed by atoms with Crippen molar-refractivity contribution in [3.8, 4) is 0 Å². The second-order valence-corrected chi connectivity index (χ2v) is 6.14. The summed E-state index contributed by atoms with van der Waals surface area (Å²) in [5.41, 5.74) is 4.91. The minimum atomic E-state index is -2.28. The summed E-state index contributed by atoms with van der Waals surface area (Å²) in [7, 11) is 0. The van der Waals surface area contributed by atoms with Gasteiger partial charge in [-0.3, -0.25) is 14.8 Å². The molecule has 6 nitrogen and oxygen atoms in total. The van der Waals surface area contributed by atoms with Crippen molar-refractivity contribution in [3.05, 3.63) is 42.1 Å². The van der Waals surface area contributed by atoms with Gasteiger partial charge in [0.15, 0.2) is 5.67 Å². The molecule has 3 atom stereocenters. The first kappa shape index (κ1) is 21.0. The van der Waals surface area contributed by atoms with E-state index in [1.54, 1.807) is 12.1 Å². The highest BCUT2D eigenvalue weighted by Crippen LogP contribution is 2.24. The number of carbonyl (C=O) groups is 2. The lowest BCUT2D eigenvalue weighted by molar-refractivity contribution is -0.136. The lowest BCUT2D eigenvalue weighted by atomic mass is 9.89. The standard InChI is InChI=1S/C17H23F2N2O4/c1-17(19,16(20)24)9-8-12(15(23)21-25)10-14(22)7-4-11-2-5-13(18)6-3-11/h2-3,5-7,12,14,22,25H,4,8-10H2,1H3,(H2,20,24)(H,21,23). The number of hydrogen-bond acceptors (Lipinski definition) is 4. The third kappa shape index (κ3) is 7.15. The van der Waals surface area contributed by atoms with Gasteiger partial charge in [-0.25, -0.2) is 14.3 Å². The first-order chi connectivity index (χ1) is 11.7. The topological polar surface area (TPSA) is 113 Å². The molecule has 3 unspecified atom stereocenters. The van der Waals surface area contributed by atoms with E-state index in [1.165, 1.54) is 24.0 Å². The molecule has 2 amide bonds. The number of halogens is 2. The number of aliphatic hydroxyl groups is 1. The maximum atomic E-state index is 13.9. The molecule has 1 aromatic carbocycles. The average molecular weight is 357 g/mol. The Hall–Kier alpha value is -2.06. The molecular formula is C17H23F2N2O4. The van der Waals surface area contributed by atoms with Crippen molar-refractivity contribution >= 4 is 11.8 Å². The molecule has 0 saturated carbocycles. The predicted molar refractivity (Wildman–Crippen MR) is 86.4 cm³/mol. The molecule has 8 heteroatoms. The number of nitrogens with one attached hydrogen (secondary N) is 1. The number of aliphatic hydroxyl groups excluding tert-OH is 1. The van der Waals surface area contributed by atoms with Crippen molar-refractivity contribution < 1.29 is 28.7 Å². The first-order valence-corrected chi connectivity index (χ1v) is 7.84. The van der Waals surface area contributed by atoms with Gasteiger partial charge in [0, 0.05) is 5.92 Å². The molecule has 0 heterocycles. The van der Waals surface area contributed by atoms with E-state index < -0.39 is 29.5 Å². The molecule has 5 N–H and O–H groups in total. The molecule has 1 radical (unpaired) electrons. The van der Waals surface area contributed by atoms with E-state index in [0.29, 0.717) is 6.42 Å². The minimum absolute atomic E-state index is 0.0670. The Morgan fingerprint density at radius 1 is 1.36 bits per heavy atom. The van der Waals surface area contributed by atoms with Crippen LogP contribution in [-0.4, -0.2) is 33.9 Å². The highest BCUT2D eigenvalue weighted by atomic mass is 19.1.